The van der Waals surface area contributed by atoms with E-state index in [4.69, 9.17) is 9.47 Å². The lowest BCUT2D eigenvalue weighted by Gasteiger charge is -2.11. The van der Waals surface area contributed by atoms with E-state index >= 15 is 0 Å². The average molecular weight is 398 g/mol. The van der Waals surface area contributed by atoms with Crippen LogP contribution < -0.4 is 15.5 Å². The molecule has 0 bridgehead atoms. The minimum Gasteiger partial charge on any atom is -0.495 e. The van der Waals surface area contributed by atoms with Gasteiger partial charge in [-0.1, -0.05) is 36.0 Å². The molecule has 0 spiro atoms. The summed E-state index contributed by atoms with van der Waals surface area (Å²) < 4.78 is 9.96. The van der Waals surface area contributed by atoms with Crippen LogP contribution in [0.4, 0.5) is 5.69 Å². The molecule has 2 N–H and O–H groups in total. The van der Waals surface area contributed by atoms with Gasteiger partial charge < -0.3 is 19.8 Å². The Morgan fingerprint density at radius 1 is 1.07 bits per heavy atom. The molecule has 1 heterocycles. The zero-order valence-electron chi connectivity index (χ0n) is 15.3. The molecule has 2 aromatic carbocycles. The minimum absolute atomic E-state index is 0.0175. The summed E-state index contributed by atoms with van der Waals surface area (Å²) in [5, 5.41) is 3.42. The Morgan fingerprint density at radius 3 is 2.54 bits per heavy atom. The molecule has 0 radical (unpaired) electrons. The van der Waals surface area contributed by atoms with E-state index in [1.807, 2.05) is 0 Å². The largest absolute Gasteiger partial charge is 0.495 e. The SMILES string of the molecule is COC(=O)c1c(SCC(=O)Nc2ccccc2OC)[nH]c2ccccc2c1=O. The maximum absolute atomic E-state index is 12.7. The number of fused-ring (bicyclic) bond motifs is 1. The van der Waals surface area contributed by atoms with E-state index in [9.17, 15) is 14.4 Å². The van der Waals surface area contributed by atoms with Gasteiger partial charge >= 0.3 is 5.97 Å². The number of anilines is 1. The molecule has 0 saturated heterocycles. The van der Waals surface area contributed by atoms with Crippen molar-refractivity contribution in [2.75, 3.05) is 25.3 Å². The van der Waals surface area contributed by atoms with E-state index < -0.39 is 11.4 Å². The summed E-state index contributed by atoms with van der Waals surface area (Å²) in [6.07, 6.45) is 0. The van der Waals surface area contributed by atoms with Crippen LogP contribution in [0.5, 0.6) is 5.75 Å². The molecule has 144 valence electrons. The number of hydrogen-bond donors (Lipinski definition) is 2. The average Bonchev–Trinajstić information content (AvgIpc) is 2.72. The van der Waals surface area contributed by atoms with Crippen molar-refractivity contribution in [3.05, 3.63) is 64.3 Å². The van der Waals surface area contributed by atoms with Crippen molar-refractivity contribution >= 4 is 40.2 Å². The van der Waals surface area contributed by atoms with E-state index in [0.29, 0.717) is 22.3 Å². The zero-order valence-corrected chi connectivity index (χ0v) is 16.1. The number of thioether (sulfide) groups is 1. The molecular weight excluding hydrogens is 380 g/mol. The van der Waals surface area contributed by atoms with Crippen LogP contribution in [-0.2, 0) is 9.53 Å². The first-order chi connectivity index (χ1) is 13.5. The molecule has 0 aliphatic heterocycles. The topological polar surface area (TPSA) is 97.5 Å². The van der Waals surface area contributed by atoms with E-state index in [1.165, 1.54) is 14.2 Å². The van der Waals surface area contributed by atoms with Gasteiger partial charge in [-0.3, -0.25) is 9.59 Å². The smallest absolute Gasteiger partial charge is 0.344 e. The summed E-state index contributed by atoms with van der Waals surface area (Å²) in [5.74, 6) is -0.537. The number of H-pyrrole nitrogens is 1. The Morgan fingerprint density at radius 2 is 1.79 bits per heavy atom. The number of amides is 1. The highest BCUT2D eigenvalue weighted by Crippen LogP contribution is 2.25. The number of rotatable bonds is 6. The van der Waals surface area contributed by atoms with Crippen LogP contribution in [0, 0.1) is 0 Å². The number of hydrogen-bond acceptors (Lipinski definition) is 6. The third kappa shape index (κ3) is 4.01. The Bertz CT molecular complexity index is 1090. The number of benzene rings is 2. The second-order valence-electron chi connectivity index (χ2n) is 5.73. The lowest BCUT2D eigenvalue weighted by atomic mass is 10.1. The second-order valence-corrected chi connectivity index (χ2v) is 6.72. The molecule has 0 aliphatic rings. The summed E-state index contributed by atoms with van der Waals surface area (Å²) in [4.78, 5) is 40.3. The number of carbonyl (C=O) groups excluding carboxylic acids is 2. The first kappa shape index (κ1) is 19.5. The molecule has 0 fully saturated rings. The molecule has 1 amide bonds. The maximum Gasteiger partial charge on any atom is 0.344 e. The van der Waals surface area contributed by atoms with Crippen molar-refractivity contribution < 1.29 is 19.1 Å². The fraction of sp³-hybridized carbons (Fsp3) is 0.150. The van der Waals surface area contributed by atoms with E-state index in [0.717, 1.165) is 11.8 Å². The standard InChI is InChI=1S/C20H18N2O5S/c1-26-15-10-6-5-9-14(15)21-16(23)11-28-19-17(20(25)27-2)18(24)12-7-3-4-8-13(12)22-19/h3-10H,11H2,1-2H3,(H,21,23)(H,22,24). The van der Waals surface area contributed by atoms with Crippen molar-refractivity contribution in [1.29, 1.82) is 0 Å². The molecule has 3 aromatic rings. The number of pyridine rings is 1. The van der Waals surface area contributed by atoms with Gasteiger partial charge in [-0.05, 0) is 24.3 Å². The Kier molecular flexibility index (Phi) is 6.00. The van der Waals surface area contributed by atoms with Gasteiger partial charge in [-0.15, -0.1) is 0 Å². The number of esters is 1. The van der Waals surface area contributed by atoms with Gasteiger partial charge in [0.15, 0.2) is 0 Å². The van der Waals surface area contributed by atoms with Gasteiger partial charge in [-0.2, -0.15) is 0 Å². The fourth-order valence-electron chi connectivity index (χ4n) is 2.68. The van der Waals surface area contributed by atoms with Crippen molar-refractivity contribution in [3.63, 3.8) is 0 Å². The van der Waals surface area contributed by atoms with Crippen molar-refractivity contribution in [2.24, 2.45) is 0 Å². The molecule has 3 rings (SSSR count). The fourth-order valence-corrected chi connectivity index (χ4v) is 3.53. The zero-order chi connectivity index (χ0) is 20.1. The molecule has 0 aliphatic carbocycles. The van der Waals surface area contributed by atoms with Crippen LogP contribution in [0.2, 0.25) is 0 Å². The molecule has 28 heavy (non-hydrogen) atoms. The highest BCUT2D eigenvalue weighted by Gasteiger charge is 2.21. The summed E-state index contributed by atoms with van der Waals surface area (Å²) in [6, 6.07) is 13.9. The van der Waals surface area contributed by atoms with Crippen LogP contribution >= 0.6 is 11.8 Å². The number of aromatic amines is 1. The molecule has 8 heteroatoms. The number of ether oxygens (including phenoxy) is 2. The van der Waals surface area contributed by atoms with Crippen LogP contribution in [0.3, 0.4) is 0 Å². The quantitative estimate of drug-likeness (QED) is 0.489. The van der Waals surface area contributed by atoms with Crippen LogP contribution in [0.25, 0.3) is 10.9 Å². The molecule has 0 saturated carbocycles. The number of methoxy groups -OCH3 is 2. The normalized spacial score (nSPS) is 10.5. The molecule has 0 unspecified atom stereocenters. The first-order valence-electron chi connectivity index (χ1n) is 8.34. The number of nitrogens with one attached hydrogen (secondary N) is 2. The van der Waals surface area contributed by atoms with E-state index in [-0.39, 0.29) is 22.2 Å². The van der Waals surface area contributed by atoms with Gasteiger partial charge in [0.2, 0.25) is 11.3 Å². The van der Waals surface area contributed by atoms with Gasteiger partial charge in [0.05, 0.1) is 36.2 Å². The Hall–Kier alpha value is -3.26. The number of para-hydroxylation sites is 3. The number of aromatic nitrogens is 1. The summed E-state index contributed by atoms with van der Waals surface area (Å²) >= 11 is 1.05. The lowest BCUT2D eigenvalue weighted by molar-refractivity contribution is -0.113. The van der Waals surface area contributed by atoms with Crippen LogP contribution in [0.15, 0.2) is 58.4 Å². The second kappa shape index (κ2) is 8.62. The van der Waals surface area contributed by atoms with Gasteiger partial charge in [0, 0.05) is 5.39 Å². The first-order valence-corrected chi connectivity index (χ1v) is 9.32. The van der Waals surface area contributed by atoms with E-state index in [2.05, 4.69) is 10.3 Å². The third-order valence-corrected chi connectivity index (χ3v) is 4.99. The van der Waals surface area contributed by atoms with Gasteiger partial charge in [0.25, 0.3) is 0 Å². The highest BCUT2D eigenvalue weighted by molar-refractivity contribution is 8.00. The number of carbonyl (C=O) groups is 2. The van der Waals surface area contributed by atoms with Crippen molar-refractivity contribution in [3.8, 4) is 5.75 Å². The maximum atomic E-state index is 12.7. The minimum atomic E-state index is -0.750. The summed E-state index contributed by atoms with van der Waals surface area (Å²) in [7, 11) is 2.72. The monoisotopic (exact) mass is 398 g/mol. The predicted octanol–water partition coefficient (Wildman–Crippen LogP) is 3.05. The highest BCUT2D eigenvalue weighted by atomic mass is 32.2. The molecule has 0 atom stereocenters. The predicted molar refractivity (Wildman–Crippen MR) is 108 cm³/mol. The third-order valence-electron chi connectivity index (χ3n) is 3.99. The summed E-state index contributed by atoms with van der Waals surface area (Å²) in [6.45, 7) is 0. The van der Waals surface area contributed by atoms with Crippen LogP contribution in [-0.4, -0.2) is 36.8 Å². The molecular formula is C20H18N2O5S. The van der Waals surface area contributed by atoms with Gasteiger partial charge in [0.1, 0.15) is 11.3 Å². The summed E-state index contributed by atoms with van der Waals surface area (Å²) in [5.41, 5.74) is 0.564. The molecule has 7 nitrogen and oxygen atoms in total. The van der Waals surface area contributed by atoms with Crippen molar-refractivity contribution in [2.45, 2.75) is 5.03 Å². The lowest BCUT2D eigenvalue weighted by Crippen LogP contribution is -2.20. The van der Waals surface area contributed by atoms with Gasteiger partial charge in [-0.25, -0.2) is 4.79 Å². The van der Waals surface area contributed by atoms with E-state index in [1.54, 1.807) is 48.5 Å². The van der Waals surface area contributed by atoms with Crippen molar-refractivity contribution in [1.82, 2.24) is 4.98 Å². The molecule has 1 aromatic heterocycles. The van der Waals surface area contributed by atoms with Crippen LogP contribution in [0.1, 0.15) is 10.4 Å². The Balaban J connectivity index is 1.86. The Labute approximate surface area is 165 Å².